The number of nitrogens with one attached hydrogen (secondary N) is 2. The van der Waals surface area contributed by atoms with Gasteiger partial charge in [-0.3, -0.25) is 4.79 Å². The predicted octanol–water partition coefficient (Wildman–Crippen LogP) is 4.32. The number of thiophene rings is 1. The fourth-order valence-electron chi connectivity index (χ4n) is 5.02. The number of nitrogens with zero attached hydrogens (tertiary/aromatic N) is 4. The van der Waals surface area contributed by atoms with Gasteiger partial charge >= 0.3 is 0 Å². The average molecular weight is 495 g/mol. The van der Waals surface area contributed by atoms with Crippen molar-refractivity contribution in [2.75, 3.05) is 37.8 Å². The van der Waals surface area contributed by atoms with Gasteiger partial charge in [0.25, 0.3) is 5.91 Å². The highest BCUT2D eigenvalue weighted by atomic mass is 32.1. The standard InChI is InChI=1S/C26H34N6O2S/c1-31(2)20-11-14-32(15-12-20)25(34)17-3-5-19(6-4-17)28-26-29-22-13-16-35-23(22)24(30-26)27-18-7-9-21(33)10-8-18/h3-6,13,16,18,20-21,33H,7-12,14-15H2,1-2H3,(H2,27,28,29,30)/t18-,21-. The highest BCUT2D eigenvalue weighted by Crippen LogP contribution is 2.31. The zero-order chi connectivity index (χ0) is 24.4. The van der Waals surface area contributed by atoms with E-state index in [0.717, 1.165) is 73.3 Å². The van der Waals surface area contributed by atoms with Crippen molar-refractivity contribution in [3.05, 3.63) is 41.3 Å². The van der Waals surface area contributed by atoms with Crippen molar-refractivity contribution in [1.29, 1.82) is 0 Å². The van der Waals surface area contributed by atoms with Gasteiger partial charge in [0.15, 0.2) is 0 Å². The van der Waals surface area contributed by atoms with E-state index in [2.05, 4.69) is 34.6 Å². The van der Waals surface area contributed by atoms with E-state index in [0.29, 0.717) is 23.6 Å². The van der Waals surface area contributed by atoms with Crippen LogP contribution in [0, 0.1) is 0 Å². The Morgan fingerprint density at radius 1 is 1.03 bits per heavy atom. The van der Waals surface area contributed by atoms with Gasteiger partial charge in [0.2, 0.25) is 5.95 Å². The van der Waals surface area contributed by atoms with Gasteiger partial charge in [0.1, 0.15) is 5.82 Å². The van der Waals surface area contributed by atoms with E-state index in [-0.39, 0.29) is 12.0 Å². The van der Waals surface area contributed by atoms with Gasteiger partial charge in [-0.2, -0.15) is 4.98 Å². The predicted molar refractivity (Wildman–Crippen MR) is 142 cm³/mol. The summed E-state index contributed by atoms with van der Waals surface area (Å²) in [6, 6.07) is 10.4. The van der Waals surface area contributed by atoms with E-state index in [4.69, 9.17) is 4.98 Å². The minimum atomic E-state index is -0.183. The molecule has 3 aromatic rings. The molecule has 5 rings (SSSR count). The van der Waals surface area contributed by atoms with Crippen LogP contribution in [-0.2, 0) is 0 Å². The van der Waals surface area contributed by atoms with Crippen LogP contribution in [-0.4, -0.2) is 76.2 Å². The second-order valence-electron chi connectivity index (χ2n) is 9.87. The first kappa shape index (κ1) is 24.0. The number of rotatable bonds is 6. The monoisotopic (exact) mass is 494 g/mol. The summed E-state index contributed by atoms with van der Waals surface area (Å²) in [5.41, 5.74) is 2.45. The number of benzene rings is 1. The number of piperidine rings is 1. The fraction of sp³-hybridized carbons (Fsp3) is 0.500. The number of hydrogen-bond donors (Lipinski definition) is 3. The quantitative estimate of drug-likeness (QED) is 0.470. The molecule has 1 saturated heterocycles. The van der Waals surface area contributed by atoms with Crippen LogP contribution >= 0.6 is 11.3 Å². The molecule has 1 aliphatic heterocycles. The van der Waals surface area contributed by atoms with Crippen LogP contribution in [0.15, 0.2) is 35.7 Å². The Labute approximate surface area is 210 Å². The second-order valence-corrected chi connectivity index (χ2v) is 10.8. The molecule has 0 atom stereocenters. The molecule has 0 radical (unpaired) electrons. The van der Waals surface area contributed by atoms with Crippen molar-refractivity contribution in [2.24, 2.45) is 0 Å². The normalized spacial score (nSPS) is 21.4. The lowest BCUT2D eigenvalue weighted by atomic mass is 9.93. The fourth-order valence-corrected chi connectivity index (χ4v) is 5.81. The number of aliphatic hydroxyl groups excluding tert-OH is 1. The van der Waals surface area contributed by atoms with E-state index in [9.17, 15) is 9.90 Å². The molecule has 9 heteroatoms. The highest BCUT2D eigenvalue weighted by Gasteiger charge is 2.25. The summed E-state index contributed by atoms with van der Waals surface area (Å²) in [7, 11) is 4.21. The second kappa shape index (κ2) is 10.5. The number of hydrogen-bond acceptors (Lipinski definition) is 8. The molecule has 3 heterocycles. The molecule has 3 N–H and O–H groups in total. The number of carbonyl (C=O) groups is 1. The molecule has 186 valence electrons. The first-order chi connectivity index (χ1) is 17.0. The van der Waals surface area contributed by atoms with Crippen LogP contribution in [0.2, 0.25) is 0 Å². The first-order valence-corrected chi connectivity index (χ1v) is 13.4. The Morgan fingerprint density at radius 2 is 1.74 bits per heavy atom. The minimum absolute atomic E-state index is 0.0915. The van der Waals surface area contributed by atoms with Gasteiger partial charge in [0.05, 0.1) is 16.3 Å². The van der Waals surface area contributed by atoms with Crippen molar-refractivity contribution >= 4 is 44.9 Å². The number of amides is 1. The van der Waals surface area contributed by atoms with Crippen LogP contribution < -0.4 is 10.6 Å². The van der Waals surface area contributed by atoms with Crippen LogP contribution in [0.4, 0.5) is 17.5 Å². The van der Waals surface area contributed by atoms with Gasteiger partial charge in [-0.05, 0) is 88.3 Å². The number of aliphatic hydroxyl groups is 1. The topological polar surface area (TPSA) is 93.6 Å². The summed E-state index contributed by atoms with van der Waals surface area (Å²) in [5.74, 6) is 1.45. The lowest BCUT2D eigenvalue weighted by molar-refractivity contribution is 0.0663. The molecule has 2 fully saturated rings. The van der Waals surface area contributed by atoms with Crippen molar-refractivity contribution in [3.63, 3.8) is 0 Å². The number of aromatic nitrogens is 2. The van der Waals surface area contributed by atoms with Crippen molar-refractivity contribution in [1.82, 2.24) is 19.8 Å². The van der Waals surface area contributed by atoms with E-state index in [1.807, 2.05) is 40.6 Å². The maximum atomic E-state index is 13.0. The molecule has 1 saturated carbocycles. The first-order valence-electron chi connectivity index (χ1n) is 12.5. The van der Waals surface area contributed by atoms with Crippen LogP contribution in [0.25, 0.3) is 10.2 Å². The van der Waals surface area contributed by atoms with Crippen LogP contribution in [0.3, 0.4) is 0 Å². The van der Waals surface area contributed by atoms with Gasteiger partial charge in [0, 0.05) is 36.4 Å². The van der Waals surface area contributed by atoms with Crippen LogP contribution in [0.1, 0.15) is 48.9 Å². The van der Waals surface area contributed by atoms with Gasteiger partial charge in [-0.25, -0.2) is 4.98 Å². The van der Waals surface area contributed by atoms with Crippen LogP contribution in [0.5, 0.6) is 0 Å². The number of likely N-dealkylation sites (tertiary alicyclic amines) is 1. The minimum Gasteiger partial charge on any atom is -0.393 e. The van der Waals surface area contributed by atoms with Gasteiger partial charge < -0.3 is 25.5 Å². The zero-order valence-electron chi connectivity index (χ0n) is 20.4. The SMILES string of the molecule is CN(C)C1CCN(C(=O)c2ccc(Nc3nc(N[C@H]4CC[C@H](O)CC4)c4sccc4n3)cc2)CC1. The molecular weight excluding hydrogens is 460 g/mol. The molecule has 35 heavy (non-hydrogen) atoms. The largest absolute Gasteiger partial charge is 0.393 e. The van der Waals surface area contributed by atoms with E-state index >= 15 is 0 Å². The Balaban J connectivity index is 1.26. The number of anilines is 3. The molecule has 8 nitrogen and oxygen atoms in total. The van der Waals surface area contributed by atoms with E-state index in [1.54, 1.807) is 11.3 Å². The van der Waals surface area contributed by atoms with E-state index < -0.39 is 0 Å². The summed E-state index contributed by atoms with van der Waals surface area (Å²) in [5, 5.41) is 18.7. The average Bonchev–Trinajstić information content (AvgIpc) is 3.35. The van der Waals surface area contributed by atoms with Gasteiger partial charge in [-0.1, -0.05) is 0 Å². The molecule has 1 amide bonds. The Bertz CT molecular complexity index is 1150. The van der Waals surface area contributed by atoms with E-state index in [1.165, 1.54) is 0 Å². The summed E-state index contributed by atoms with van der Waals surface area (Å²) in [4.78, 5) is 26.6. The highest BCUT2D eigenvalue weighted by molar-refractivity contribution is 7.17. The molecular formula is C26H34N6O2S. The Kier molecular flexibility index (Phi) is 7.17. The summed E-state index contributed by atoms with van der Waals surface area (Å²) < 4.78 is 1.04. The molecule has 1 aromatic carbocycles. The lowest BCUT2D eigenvalue weighted by Gasteiger charge is -2.35. The zero-order valence-corrected chi connectivity index (χ0v) is 21.2. The molecule has 2 aliphatic rings. The van der Waals surface area contributed by atoms with Crippen molar-refractivity contribution < 1.29 is 9.90 Å². The third-order valence-corrected chi connectivity index (χ3v) is 8.12. The smallest absolute Gasteiger partial charge is 0.253 e. The molecule has 2 aromatic heterocycles. The maximum absolute atomic E-state index is 13.0. The molecule has 0 unspecified atom stereocenters. The number of fused-ring (bicyclic) bond motifs is 1. The Hall–Kier alpha value is -2.75. The summed E-state index contributed by atoms with van der Waals surface area (Å²) >= 11 is 1.63. The third-order valence-electron chi connectivity index (χ3n) is 7.21. The molecule has 1 aliphatic carbocycles. The number of carbonyl (C=O) groups excluding carboxylic acids is 1. The Morgan fingerprint density at radius 3 is 2.43 bits per heavy atom. The summed E-state index contributed by atoms with van der Waals surface area (Å²) in [6.45, 7) is 1.60. The lowest BCUT2D eigenvalue weighted by Crippen LogP contribution is -2.44. The van der Waals surface area contributed by atoms with Crippen molar-refractivity contribution in [3.8, 4) is 0 Å². The summed E-state index contributed by atoms with van der Waals surface area (Å²) in [6.07, 6.45) is 5.35. The third kappa shape index (κ3) is 5.58. The molecule has 0 spiro atoms. The molecule has 0 bridgehead atoms. The van der Waals surface area contributed by atoms with Crippen molar-refractivity contribution in [2.45, 2.75) is 56.7 Å². The maximum Gasteiger partial charge on any atom is 0.253 e. The van der Waals surface area contributed by atoms with Gasteiger partial charge in [-0.15, -0.1) is 11.3 Å².